The summed E-state index contributed by atoms with van der Waals surface area (Å²) in [6.45, 7) is 7.57. The molecule has 4 nitrogen and oxygen atoms in total. The maximum atomic E-state index is 11.4. The van der Waals surface area contributed by atoms with Gasteiger partial charge in [-0.15, -0.1) is 0 Å². The van der Waals surface area contributed by atoms with Crippen LogP contribution in [0.3, 0.4) is 0 Å². The van der Waals surface area contributed by atoms with Crippen molar-refractivity contribution in [3.63, 3.8) is 0 Å². The minimum atomic E-state index is -0.571. The molecule has 1 unspecified atom stereocenters. The molecule has 1 atom stereocenters. The molecular formula is C12H20O4. The molecule has 0 radical (unpaired) electrons. The van der Waals surface area contributed by atoms with Gasteiger partial charge < -0.3 is 9.47 Å². The molecular weight excluding hydrogens is 208 g/mol. The Bertz CT molecular complexity index is 295. The van der Waals surface area contributed by atoms with Gasteiger partial charge in [0.15, 0.2) is 5.79 Å². The second-order valence-corrected chi connectivity index (χ2v) is 5.16. The summed E-state index contributed by atoms with van der Waals surface area (Å²) in [6.07, 6.45) is 0.998. The Morgan fingerprint density at radius 1 is 1.25 bits per heavy atom. The quantitative estimate of drug-likeness (QED) is 0.674. The molecule has 0 aromatic carbocycles. The van der Waals surface area contributed by atoms with Gasteiger partial charge in [0.1, 0.15) is 11.6 Å². The molecule has 1 saturated heterocycles. The van der Waals surface area contributed by atoms with Gasteiger partial charge in [-0.1, -0.05) is 0 Å². The maximum absolute atomic E-state index is 11.4. The van der Waals surface area contributed by atoms with Crippen LogP contribution in [0.25, 0.3) is 0 Å². The Morgan fingerprint density at radius 3 is 2.31 bits per heavy atom. The molecule has 92 valence electrons. The molecule has 0 aromatic heterocycles. The van der Waals surface area contributed by atoms with Crippen molar-refractivity contribution >= 4 is 11.6 Å². The molecule has 0 aromatic rings. The Hall–Kier alpha value is -0.740. The smallest absolute Gasteiger partial charge is 0.163 e. The van der Waals surface area contributed by atoms with Crippen LogP contribution in [0.5, 0.6) is 0 Å². The number of hydrogen-bond acceptors (Lipinski definition) is 4. The van der Waals surface area contributed by atoms with Crippen molar-refractivity contribution < 1.29 is 19.1 Å². The van der Waals surface area contributed by atoms with E-state index in [-0.39, 0.29) is 18.0 Å². The van der Waals surface area contributed by atoms with Crippen molar-refractivity contribution in [1.29, 1.82) is 0 Å². The second kappa shape index (κ2) is 4.63. The van der Waals surface area contributed by atoms with E-state index < -0.39 is 11.4 Å². The van der Waals surface area contributed by atoms with Gasteiger partial charge in [-0.3, -0.25) is 9.59 Å². The summed E-state index contributed by atoms with van der Waals surface area (Å²) < 4.78 is 11.2. The number of rotatable bonds is 5. The van der Waals surface area contributed by atoms with Crippen LogP contribution >= 0.6 is 0 Å². The molecule has 0 bridgehead atoms. The number of Topliss-reactive ketones (excluding diaryl/α,β-unsaturated/α-hetero) is 2. The topological polar surface area (TPSA) is 52.6 Å². The van der Waals surface area contributed by atoms with Crippen LogP contribution in [0.2, 0.25) is 0 Å². The van der Waals surface area contributed by atoms with Crippen molar-refractivity contribution in [3.05, 3.63) is 0 Å². The van der Waals surface area contributed by atoms with Gasteiger partial charge in [0, 0.05) is 6.42 Å². The fourth-order valence-corrected chi connectivity index (χ4v) is 1.87. The van der Waals surface area contributed by atoms with E-state index in [4.69, 9.17) is 9.47 Å². The van der Waals surface area contributed by atoms with Crippen molar-refractivity contribution in [2.45, 2.75) is 58.3 Å². The minimum Gasteiger partial charge on any atom is -0.348 e. The average molecular weight is 228 g/mol. The van der Waals surface area contributed by atoms with Crippen molar-refractivity contribution in [1.82, 2.24) is 0 Å². The monoisotopic (exact) mass is 228 g/mol. The lowest BCUT2D eigenvalue weighted by Crippen LogP contribution is -2.31. The molecule has 0 aliphatic carbocycles. The number of carbonyl (C=O) groups is 2. The highest BCUT2D eigenvalue weighted by Gasteiger charge is 2.41. The highest BCUT2D eigenvalue weighted by Crippen LogP contribution is 2.33. The first-order valence-corrected chi connectivity index (χ1v) is 5.58. The molecule has 4 heteroatoms. The SMILES string of the molecule is CC(=O)CC(=O)CCC1(C)COC(C)(C)O1. The summed E-state index contributed by atoms with van der Waals surface area (Å²) in [7, 11) is 0. The number of ether oxygens (including phenoxy) is 2. The fourth-order valence-electron chi connectivity index (χ4n) is 1.87. The number of carbonyl (C=O) groups excluding carboxylic acids is 2. The predicted octanol–water partition coefficient (Wildman–Crippen LogP) is 1.86. The van der Waals surface area contributed by atoms with E-state index in [0.29, 0.717) is 19.4 Å². The molecule has 0 saturated carbocycles. The van der Waals surface area contributed by atoms with E-state index in [1.54, 1.807) is 0 Å². The van der Waals surface area contributed by atoms with Crippen LogP contribution in [-0.4, -0.2) is 29.6 Å². The van der Waals surface area contributed by atoms with Gasteiger partial charge in [-0.25, -0.2) is 0 Å². The second-order valence-electron chi connectivity index (χ2n) is 5.16. The molecule has 0 N–H and O–H groups in total. The van der Waals surface area contributed by atoms with Crippen LogP contribution in [0.1, 0.15) is 47.0 Å². The highest BCUT2D eigenvalue weighted by molar-refractivity contribution is 5.97. The van der Waals surface area contributed by atoms with E-state index in [0.717, 1.165) is 0 Å². The first-order chi connectivity index (χ1) is 7.22. The average Bonchev–Trinajstić information content (AvgIpc) is 2.37. The van der Waals surface area contributed by atoms with E-state index >= 15 is 0 Å². The standard InChI is InChI=1S/C12H20O4/c1-9(13)7-10(14)5-6-12(4)8-15-11(2,3)16-12/h5-8H2,1-4H3. The fraction of sp³-hybridized carbons (Fsp3) is 0.833. The Labute approximate surface area is 96.3 Å². The molecule has 0 spiro atoms. The van der Waals surface area contributed by atoms with E-state index in [1.807, 2.05) is 20.8 Å². The summed E-state index contributed by atoms with van der Waals surface area (Å²) in [5.74, 6) is -0.681. The molecule has 1 heterocycles. The number of ketones is 2. The van der Waals surface area contributed by atoms with Gasteiger partial charge in [0.05, 0.1) is 18.6 Å². The molecule has 16 heavy (non-hydrogen) atoms. The Balaban J connectivity index is 2.38. The summed E-state index contributed by atoms with van der Waals surface area (Å²) in [4.78, 5) is 22.2. The zero-order chi connectivity index (χ0) is 12.4. The van der Waals surface area contributed by atoms with Gasteiger partial charge in [-0.2, -0.15) is 0 Å². The molecule has 1 rings (SSSR count). The summed E-state index contributed by atoms with van der Waals surface area (Å²) in [5, 5.41) is 0. The minimum absolute atomic E-state index is 0.0259. The van der Waals surface area contributed by atoms with Crippen LogP contribution in [0.15, 0.2) is 0 Å². The van der Waals surface area contributed by atoms with E-state index in [1.165, 1.54) is 6.92 Å². The summed E-state index contributed by atoms with van der Waals surface area (Å²) in [5.41, 5.74) is -0.407. The third-order valence-corrected chi connectivity index (χ3v) is 2.60. The van der Waals surface area contributed by atoms with Crippen LogP contribution in [0, 0.1) is 0 Å². The van der Waals surface area contributed by atoms with Crippen LogP contribution in [0.4, 0.5) is 0 Å². The number of hydrogen-bond donors (Lipinski definition) is 0. The molecule has 1 aliphatic heterocycles. The third-order valence-electron chi connectivity index (χ3n) is 2.60. The van der Waals surface area contributed by atoms with Gasteiger partial charge >= 0.3 is 0 Å². The summed E-state index contributed by atoms with van der Waals surface area (Å²) in [6, 6.07) is 0. The lowest BCUT2D eigenvalue weighted by atomic mass is 9.98. The van der Waals surface area contributed by atoms with Gasteiger partial charge in [-0.05, 0) is 34.1 Å². The van der Waals surface area contributed by atoms with Gasteiger partial charge in [0.25, 0.3) is 0 Å². The molecule has 0 amide bonds. The maximum Gasteiger partial charge on any atom is 0.163 e. The van der Waals surface area contributed by atoms with Crippen molar-refractivity contribution in [2.24, 2.45) is 0 Å². The summed E-state index contributed by atoms with van der Waals surface area (Å²) >= 11 is 0. The molecule has 1 aliphatic rings. The van der Waals surface area contributed by atoms with Crippen molar-refractivity contribution in [2.75, 3.05) is 6.61 Å². The van der Waals surface area contributed by atoms with Crippen LogP contribution in [-0.2, 0) is 19.1 Å². The predicted molar refractivity (Wildman–Crippen MR) is 59.1 cm³/mol. The zero-order valence-corrected chi connectivity index (χ0v) is 10.5. The van der Waals surface area contributed by atoms with Crippen LogP contribution < -0.4 is 0 Å². The normalized spacial score (nSPS) is 28.0. The lowest BCUT2D eigenvalue weighted by Gasteiger charge is -2.24. The molecule has 1 fully saturated rings. The van der Waals surface area contributed by atoms with E-state index in [9.17, 15) is 9.59 Å². The Kier molecular flexibility index (Phi) is 3.86. The zero-order valence-electron chi connectivity index (χ0n) is 10.5. The van der Waals surface area contributed by atoms with Crippen molar-refractivity contribution in [3.8, 4) is 0 Å². The van der Waals surface area contributed by atoms with Gasteiger partial charge in [0.2, 0.25) is 0 Å². The first kappa shape index (κ1) is 13.3. The van der Waals surface area contributed by atoms with E-state index in [2.05, 4.69) is 0 Å². The first-order valence-electron chi connectivity index (χ1n) is 5.58. The Morgan fingerprint density at radius 2 is 1.88 bits per heavy atom. The largest absolute Gasteiger partial charge is 0.348 e. The lowest BCUT2D eigenvalue weighted by molar-refractivity contribution is -0.159. The highest BCUT2D eigenvalue weighted by atomic mass is 16.7. The third kappa shape index (κ3) is 4.02.